The Hall–Kier alpha value is -3.67. The Morgan fingerprint density at radius 1 is 1.15 bits per heavy atom. The summed E-state index contributed by atoms with van der Waals surface area (Å²) in [5, 5.41) is 4.82. The molecular weight excluding hydrogens is 342 g/mol. The summed E-state index contributed by atoms with van der Waals surface area (Å²) in [6.45, 7) is -0.144. The summed E-state index contributed by atoms with van der Waals surface area (Å²) >= 11 is 0. The quantitative estimate of drug-likeness (QED) is 0.517. The summed E-state index contributed by atoms with van der Waals surface area (Å²) in [6, 6.07) is 17.0. The van der Waals surface area contributed by atoms with Gasteiger partial charge in [0.2, 0.25) is 0 Å². The fourth-order valence-electron chi connectivity index (χ4n) is 2.39. The van der Waals surface area contributed by atoms with Crippen LogP contribution in [0.4, 0.5) is 0 Å². The lowest BCUT2D eigenvalue weighted by Crippen LogP contribution is -2.24. The number of para-hydroxylation sites is 1. The van der Waals surface area contributed by atoms with E-state index < -0.39 is 0 Å². The van der Waals surface area contributed by atoms with Crippen molar-refractivity contribution in [2.45, 2.75) is 0 Å². The van der Waals surface area contributed by atoms with Crippen LogP contribution < -0.4 is 14.9 Å². The summed E-state index contributed by atoms with van der Waals surface area (Å²) in [5.74, 6) is 1.01. The molecule has 1 heterocycles. The molecule has 2 aromatic carbocycles. The number of fused-ring (bicyclic) bond motifs is 1. The molecule has 0 bridgehead atoms. The number of pyridine rings is 1. The zero-order valence-corrected chi connectivity index (χ0v) is 14.8. The van der Waals surface area contributed by atoms with Gasteiger partial charge in [0, 0.05) is 17.8 Å². The lowest BCUT2D eigenvalue weighted by atomic mass is 10.2. The standard InChI is InChI=1S/C21H19N3O3/c1-26-18-11-9-16(10-12-18)5-3-14-23-24-20(25)15-27-19-8-2-6-17-7-4-13-22-21(17)19/h2-14H,15H2,1H3,(H,24,25)/b5-3+,23-14+. The molecule has 0 unspecified atom stereocenters. The Labute approximate surface area is 157 Å². The van der Waals surface area contributed by atoms with Crippen molar-refractivity contribution in [3.63, 3.8) is 0 Å². The average molecular weight is 361 g/mol. The molecule has 0 saturated carbocycles. The molecule has 0 aliphatic heterocycles. The average Bonchev–Trinajstić information content (AvgIpc) is 2.72. The third-order valence-electron chi connectivity index (χ3n) is 3.71. The Morgan fingerprint density at radius 2 is 1.96 bits per heavy atom. The van der Waals surface area contributed by atoms with Gasteiger partial charge >= 0.3 is 0 Å². The number of allylic oxidation sites excluding steroid dienone is 1. The molecule has 1 N–H and O–H groups in total. The Bertz CT molecular complexity index is 961. The van der Waals surface area contributed by atoms with E-state index >= 15 is 0 Å². The molecule has 3 aromatic rings. The van der Waals surface area contributed by atoms with Crippen molar-refractivity contribution in [2.75, 3.05) is 13.7 Å². The van der Waals surface area contributed by atoms with Gasteiger partial charge in [0.1, 0.15) is 17.0 Å². The van der Waals surface area contributed by atoms with Crippen LogP contribution in [0, 0.1) is 0 Å². The highest BCUT2D eigenvalue weighted by Gasteiger charge is 2.05. The molecule has 0 saturated heterocycles. The van der Waals surface area contributed by atoms with Gasteiger partial charge in [-0.25, -0.2) is 5.43 Å². The van der Waals surface area contributed by atoms with Crippen LogP contribution in [0.2, 0.25) is 0 Å². The maximum Gasteiger partial charge on any atom is 0.277 e. The molecule has 3 rings (SSSR count). The molecule has 1 amide bonds. The zero-order valence-electron chi connectivity index (χ0n) is 14.8. The van der Waals surface area contributed by atoms with Gasteiger partial charge in [-0.15, -0.1) is 0 Å². The smallest absolute Gasteiger partial charge is 0.277 e. The summed E-state index contributed by atoms with van der Waals surface area (Å²) in [7, 11) is 1.63. The van der Waals surface area contributed by atoms with Crippen molar-refractivity contribution in [1.82, 2.24) is 10.4 Å². The van der Waals surface area contributed by atoms with E-state index in [-0.39, 0.29) is 12.5 Å². The monoisotopic (exact) mass is 361 g/mol. The van der Waals surface area contributed by atoms with E-state index in [1.807, 2.05) is 54.6 Å². The van der Waals surface area contributed by atoms with Gasteiger partial charge in [0.05, 0.1) is 7.11 Å². The summed E-state index contributed by atoms with van der Waals surface area (Å²) in [5.41, 5.74) is 4.14. The minimum absolute atomic E-state index is 0.144. The number of aromatic nitrogens is 1. The summed E-state index contributed by atoms with van der Waals surface area (Å²) in [6.07, 6.45) is 6.79. The number of benzene rings is 2. The highest BCUT2D eigenvalue weighted by molar-refractivity contribution is 5.85. The van der Waals surface area contributed by atoms with Crippen LogP contribution in [-0.4, -0.2) is 30.8 Å². The predicted octanol–water partition coefficient (Wildman–Crippen LogP) is 3.44. The number of rotatable bonds is 7. The number of hydrogen-bond acceptors (Lipinski definition) is 5. The molecule has 0 radical (unpaired) electrons. The highest BCUT2D eigenvalue weighted by Crippen LogP contribution is 2.22. The number of nitrogens with one attached hydrogen (secondary N) is 1. The number of carbonyl (C=O) groups excluding carboxylic acids is 1. The number of carbonyl (C=O) groups is 1. The van der Waals surface area contributed by atoms with E-state index in [4.69, 9.17) is 9.47 Å². The molecule has 0 spiro atoms. The lowest BCUT2D eigenvalue weighted by molar-refractivity contribution is -0.123. The number of ether oxygens (including phenoxy) is 2. The van der Waals surface area contributed by atoms with Gasteiger partial charge in [-0.3, -0.25) is 9.78 Å². The van der Waals surface area contributed by atoms with E-state index in [1.54, 1.807) is 25.4 Å². The van der Waals surface area contributed by atoms with Crippen LogP contribution in [0.1, 0.15) is 5.56 Å². The maximum absolute atomic E-state index is 11.8. The van der Waals surface area contributed by atoms with Crippen LogP contribution >= 0.6 is 0 Å². The first-order valence-electron chi connectivity index (χ1n) is 8.35. The summed E-state index contributed by atoms with van der Waals surface area (Å²) in [4.78, 5) is 16.1. The number of amides is 1. The topological polar surface area (TPSA) is 72.8 Å². The van der Waals surface area contributed by atoms with E-state index in [1.165, 1.54) is 6.21 Å². The van der Waals surface area contributed by atoms with E-state index in [2.05, 4.69) is 15.5 Å². The minimum atomic E-state index is -0.350. The fourth-order valence-corrected chi connectivity index (χ4v) is 2.39. The number of hydrogen-bond donors (Lipinski definition) is 1. The van der Waals surface area contributed by atoms with Crippen LogP contribution in [0.25, 0.3) is 17.0 Å². The van der Waals surface area contributed by atoms with Crippen molar-refractivity contribution in [3.05, 3.63) is 72.4 Å². The van der Waals surface area contributed by atoms with Crippen molar-refractivity contribution in [1.29, 1.82) is 0 Å². The van der Waals surface area contributed by atoms with Gasteiger partial charge in [0.15, 0.2) is 6.61 Å². The fraction of sp³-hybridized carbons (Fsp3) is 0.0952. The molecular formula is C21H19N3O3. The number of methoxy groups -OCH3 is 1. The largest absolute Gasteiger partial charge is 0.497 e. The number of nitrogens with zero attached hydrogens (tertiary/aromatic N) is 2. The highest BCUT2D eigenvalue weighted by atomic mass is 16.5. The lowest BCUT2D eigenvalue weighted by Gasteiger charge is -2.07. The second kappa shape index (κ2) is 9.15. The van der Waals surface area contributed by atoms with E-state index in [0.717, 1.165) is 22.2 Å². The first kappa shape index (κ1) is 18.1. The first-order valence-corrected chi connectivity index (χ1v) is 8.35. The molecule has 0 aliphatic rings. The Kier molecular flexibility index (Phi) is 6.14. The molecule has 6 nitrogen and oxygen atoms in total. The van der Waals surface area contributed by atoms with Gasteiger partial charge in [-0.1, -0.05) is 36.4 Å². The summed E-state index contributed by atoms with van der Waals surface area (Å²) < 4.78 is 10.7. The molecule has 0 aliphatic carbocycles. The second-order valence-electron chi connectivity index (χ2n) is 5.57. The van der Waals surface area contributed by atoms with Gasteiger partial charge in [-0.2, -0.15) is 5.10 Å². The SMILES string of the molecule is COc1ccc(/C=C/C=N/NC(=O)COc2cccc3cccnc23)cc1. The first-order chi connectivity index (χ1) is 13.3. The molecule has 136 valence electrons. The predicted molar refractivity (Wildman–Crippen MR) is 106 cm³/mol. The van der Waals surface area contributed by atoms with Crippen LogP contribution in [0.15, 0.2) is 72.0 Å². The third-order valence-corrected chi connectivity index (χ3v) is 3.71. The maximum atomic E-state index is 11.8. The van der Waals surface area contributed by atoms with Crippen molar-refractivity contribution >= 4 is 29.1 Å². The second-order valence-corrected chi connectivity index (χ2v) is 5.57. The Balaban J connectivity index is 1.47. The molecule has 0 atom stereocenters. The van der Waals surface area contributed by atoms with Crippen LogP contribution in [0.5, 0.6) is 11.5 Å². The molecule has 27 heavy (non-hydrogen) atoms. The van der Waals surface area contributed by atoms with E-state index in [9.17, 15) is 4.79 Å². The third kappa shape index (κ3) is 5.15. The van der Waals surface area contributed by atoms with Gasteiger partial charge in [-0.05, 0) is 35.9 Å². The Morgan fingerprint density at radius 3 is 2.78 bits per heavy atom. The van der Waals surface area contributed by atoms with Gasteiger partial charge < -0.3 is 9.47 Å². The van der Waals surface area contributed by atoms with Crippen LogP contribution in [-0.2, 0) is 4.79 Å². The van der Waals surface area contributed by atoms with Gasteiger partial charge in [0.25, 0.3) is 5.91 Å². The zero-order chi connectivity index (χ0) is 18.9. The van der Waals surface area contributed by atoms with Crippen molar-refractivity contribution in [2.24, 2.45) is 5.10 Å². The molecule has 1 aromatic heterocycles. The van der Waals surface area contributed by atoms with E-state index in [0.29, 0.717) is 5.75 Å². The minimum Gasteiger partial charge on any atom is -0.497 e. The van der Waals surface area contributed by atoms with Crippen LogP contribution in [0.3, 0.4) is 0 Å². The van der Waals surface area contributed by atoms with Crippen molar-refractivity contribution < 1.29 is 14.3 Å². The van der Waals surface area contributed by atoms with Crippen molar-refractivity contribution in [3.8, 4) is 11.5 Å². The normalized spacial score (nSPS) is 11.1. The molecule has 0 fully saturated rings. The molecule has 6 heteroatoms. The number of hydrazone groups is 1.